The topological polar surface area (TPSA) is 20.8 Å². The molecule has 68 heavy (non-hydrogen) atoms. The maximum atomic E-state index is 6.78. The van der Waals surface area contributed by atoms with E-state index in [-0.39, 0.29) is 11.5 Å². The minimum Gasteiger partial charge on any atom is -0.454 e. The van der Waals surface area contributed by atoms with Gasteiger partial charge < -0.3 is 13.7 Å². The molecule has 0 N–H and O–H groups in total. The zero-order chi connectivity index (χ0) is 45.0. The average molecular weight is 871 g/mol. The Hall–Kier alpha value is -8.14. The third kappa shape index (κ3) is 4.83. The zero-order valence-electron chi connectivity index (χ0n) is 38.2. The molecule has 12 aromatic rings. The molecule has 0 amide bonds. The molecule has 3 heteroatoms. The molecular weight excluding hydrogens is 825 g/mol. The fourth-order valence-electron chi connectivity index (χ4n) is 13.0. The first-order chi connectivity index (χ1) is 33.4. The fourth-order valence-corrected chi connectivity index (χ4v) is 13.0. The SMILES string of the molecule is CC(C)(C)C1=CC(N(c2ccc(-c3cc4c(c5c3c3cccc6c7ccccc7n5c63)-c3ccccc3C43c4ccccc4-c4ccccc43)cc2)c2cccc3c2oc2ccccc23)CC=C1. The lowest BCUT2D eigenvalue weighted by Gasteiger charge is -2.35. The highest BCUT2D eigenvalue weighted by Crippen LogP contribution is 2.65. The number of hydrogen-bond donors (Lipinski definition) is 0. The first kappa shape index (κ1) is 38.0. The maximum Gasteiger partial charge on any atom is 0.159 e. The monoisotopic (exact) mass is 870 g/mol. The van der Waals surface area contributed by atoms with Crippen LogP contribution in [0.1, 0.15) is 49.4 Å². The Kier molecular flexibility index (Phi) is 7.54. The minimum atomic E-state index is -0.493. The van der Waals surface area contributed by atoms with Gasteiger partial charge in [-0.25, -0.2) is 0 Å². The van der Waals surface area contributed by atoms with Crippen LogP contribution < -0.4 is 4.90 Å². The van der Waals surface area contributed by atoms with Crippen LogP contribution in [0.4, 0.5) is 11.4 Å². The summed E-state index contributed by atoms with van der Waals surface area (Å²) in [6.07, 6.45) is 8.04. The normalized spacial score (nSPS) is 15.8. The van der Waals surface area contributed by atoms with E-state index in [1.54, 1.807) is 0 Å². The van der Waals surface area contributed by atoms with Crippen LogP contribution in [0.3, 0.4) is 0 Å². The summed E-state index contributed by atoms with van der Waals surface area (Å²) in [7, 11) is 0. The van der Waals surface area contributed by atoms with E-state index >= 15 is 0 Å². The van der Waals surface area contributed by atoms with Gasteiger partial charge in [0.05, 0.1) is 33.7 Å². The number of fused-ring (bicyclic) bond motifs is 20. The van der Waals surface area contributed by atoms with Gasteiger partial charge in [0.1, 0.15) is 5.58 Å². The molecule has 0 aliphatic heterocycles. The summed E-state index contributed by atoms with van der Waals surface area (Å²) in [5.41, 5.74) is 21.8. The molecule has 322 valence electrons. The summed E-state index contributed by atoms with van der Waals surface area (Å²) in [6, 6.07) is 70.7. The van der Waals surface area contributed by atoms with Gasteiger partial charge in [-0.15, -0.1) is 0 Å². The Morgan fingerprint density at radius 3 is 1.93 bits per heavy atom. The van der Waals surface area contributed by atoms with Crippen molar-refractivity contribution in [2.24, 2.45) is 5.41 Å². The van der Waals surface area contributed by atoms with Gasteiger partial charge in [0.2, 0.25) is 0 Å². The lowest BCUT2D eigenvalue weighted by Crippen LogP contribution is -2.31. The molecule has 9 aromatic carbocycles. The van der Waals surface area contributed by atoms with E-state index < -0.39 is 5.41 Å². The van der Waals surface area contributed by atoms with Gasteiger partial charge in [0.25, 0.3) is 0 Å². The number of allylic oxidation sites excluding steroid dienone is 2. The highest BCUT2D eigenvalue weighted by atomic mass is 16.3. The molecule has 1 unspecified atom stereocenters. The molecular formula is C65H46N2O. The summed E-state index contributed by atoms with van der Waals surface area (Å²) < 4.78 is 9.39. The molecule has 3 aliphatic rings. The molecule has 0 bridgehead atoms. The number of para-hydroxylation sites is 4. The first-order valence-electron chi connectivity index (χ1n) is 24.1. The Balaban J connectivity index is 1.02. The third-order valence-corrected chi connectivity index (χ3v) is 15.8. The third-order valence-electron chi connectivity index (χ3n) is 15.8. The van der Waals surface area contributed by atoms with Crippen molar-refractivity contribution in [3.63, 3.8) is 0 Å². The highest BCUT2D eigenvalue weighted by Gasteiger charge is 2.52. The molecule has 3 aliphatic carbocycles. The number of nitrogens with zero attached hydrogens (tertiary/aromatic N) is 2. The van der Waals surface area contributed by atoms with Crippen LogP contribution in [0.25, 0.3) is 93.4 Å². The molecule has 0 radical (unpaired) electrons. The van der Waals surface area contributed by atoms with Crippen LogP contribution in [0.5, 0.6) is 0 Å². The number of anilines is 2. The minimum absolute atomic E-state index is 0.00845. The van der Waals surface area contributed by atoms with Gasteiger partial charge in [-0.05, 0) is 104 Å². The van der Waals surface area contributed by atoms with E-state index in [1.807, 2.05) is 0 Å². The van der Waals surface area contributed by atoms with Crippen LogP contribution in [-0.2, 0) is 5.41 Å². The summed E-state index contributed by atoms with van der Waals surface area (Å²) in [5.74, 6) is 0. The number of furan rings is 1. The van der Waals surface area contributed by atoms with E-state index in [0.717, 1.165) is 39.7 Å². The average Bonchev–Trinajstić information content (AvgIpc) is 4.17. The molecule has 3 nitrogen and oxygen atoms in total. The van der Waals surface area contributed by atoms with Crippen molar-refractivity contribution >= 4 is 71.4 Å². The van der Waals surface area contributed by atoms with Gasteiger partial charge >= 0.3 is 0 Å². The predicted octanol–water partition coefficient (Wildman–Crippen LogP) is 17.2. The Labute approximate surface area is 394 Å². The Bertz CT molecular complexity index is 4120. The summed E-state index contributed by atoms with van der Waals surface area (Å²) in [6.45, 7) is 6.93. The molecule has 0 saturated carbocycles. The van der Waals surface area contributed by atoms with Crippen molar-refractivity contribution in [1.29, 1.82) is 0 Å². The highest BCUT2D eigenvalue weighted by molar-refractivity contribution is 6.29. The quantitative estimate of drug-likeness (QED) is 0.176. The van der Waals surface area contributed by atoms with Crippen molar-refractivity contribution < 1.29 is 4.42 Å². The Morgan fingerprint density at radius 2 is 1.16 bits per heavy atom. The molecule has 1 spiro atoms. The van der Waals surface area contributed by atoms with Crippen LogP contribution in [0.15, 0.2) is 216 Å². The van der Waals surface area contributed by atoms with Crippen LogP contribution in [0.2, 0.25) is 0 Å². The molecule has 15 rings (SSSR count). The number of rotatable bonds is 4. The fraction of sp³-hybridized carbons (Fsp3) is 0.108. The van der Waals surface area contributed by atoms with Crippen molar-refractivity contribution in [2.75, 3.05) is 4.90 Å². The largest absolute Gasteiger partial charge is 0.454 e. The van der Waals surface area contributed by atoms with E-state index in [4.69, 9.17) is 4.42 Å². The smallest absolute Gasteiger partial charge is 0.159 e. The lowest BCUT2D eigenvalue weighted by molar-refractivity contribution is 0.508. The van der Waals surface area contributed by atoms with Crippen molar-refractivity contribution in [3.05, 3.63) is 234 Å². The second-order valence-corrected chi connectivity index (χ2v) is 20.3. The van der Waals surface area contributed by atoms with E-state index in [1.165, 1.54) is 99.3 Å². The molecule has 1 atom stereocenters. The van der Waals surface area contributed by atoms with Crippen molar-refractivity contribution in [2.45, 2.75) is 38.6 Å². The standard InChI is InChI=1S/C65H46N2O/c1-64(2,3)40-17-14-18-42(37-40)66(57-31-16-25-48-46-22-8-13-32-58(46)68-63(48)57)41-35-33-39(34-36-41)51-38-55-60(62-59(51)50-26-15-24-47-45-21-7-12-30-56(45)67(62)61(47)50)49-23-6-11-29-54(49)65(55)52-27-9-4-19-43(52)44-20-5-10-28-53(44)65/h4-17,19-38,42H,18H2,1-3H3. The summed E-state index contributed by atoms with van der Waals surface area (Å²) in [4.78, 5) is 2.52. The van der Waals surface area contributed by atoms with Crippen molar-refractivity contribution in [3.8, 4) is 33.4 Å². The van der Waals surface area contributed by atoms with E-state index in [2.05, 4.69) is 236 Å². The van der Waals surface area contributed by atoms with Crippen molar-refractivity contribution in [1.82, 2.24) is 4.40 Å². The van der Waals surface area contributed by atoms with Crippen LogP contribution in [0, 0.1) is 5.41 Å². The second kappa shape index (κ2) is 13.5. The number of aromatic nitrogens is 1. The van der Waals surface area contributed by atoms with Gasteiger partial charge in [-0.2, -0.15) is 0 Å². The molecule has 3 heterocycles. The molecule has 3 aromatic heterocycles. The van der Waals surface area contributed by atoms with Crippen LogP contribution >= 0.6 is 0 Å². The van der Waals surface area contributed by atoms with Gasteiger partial charge in [0.15, 0.2) is 5.58 Å². The summed E-state index contributed by atoms with van der Waals surface area (Å²) >= 11 is 0. The van der Waals surface area contributed by atoms with Gasteiger partial charge in [0, 0.05) is 43.6 Å². The second-order valence-electron chi connectivity index (χ2n) is 20.3. The maximum absolute atomic E-state index is 6.78. The number of benzene rings is 9. The zero-order valence-corrected chi connectivity index (χ0v) is 38.2. The van der Waals surface area contributed by atoms with E-state index in [9.17, 15) is 0 Å². The predicted molar refractivity (Wildman–Crippen MR) is 284 cm³/mol. The van der Waals surface area contributed by atoms with Gasteiger partial charge in [-0.1, -0.05) is 191 Å². The molecule has 0 fully saturated rings. The molecule has 0 saturated heterocycles. The number of hydrogen-bond acceptors (Lipinski definition) is 2. The summed E-state index contributed by atoms with van der Waals surface area (Å²) in [5, 5.41) is 7.44. The first-order valence-corrected chi connectivity index (χ1v) is 24.1. The van der Waals surface area contributed by atoms with Gasteiger partial charge in [-0.3, -0.25) is 0 Å². The lowest BCUT2D eigenvalue weighted by atomic mass is 9.70. The Morgan fingerprint density at radius 1 is 0.544 bits per heavy atom. The van der Waals surface area contributed by atoms with E-state index in [0.29, 0.717) is 0 Å². The van der Waals surface area contributed by atoms with Crippen LogP contribution in [-0.4, -0.2) is 10.4 Å².